The molecule has 0 saturated carbocycles. The van der Waals surface area contributed by atoms with Gasteiger partial charge in [-0.3, -0.25) is 14.4 Å². The maximum Gasteiger partial charge on any atom is 0.308 e. The minimum absolute atomic E-state index is 0.00730. The molecule has 0 aromatic heterocycles. The van der Waals surface area contributed by atoms with Gasteiger partial charge in [0.05, 0.1) is 12.5 Å². The number of carboxylic acids is 1. The summed E-state index contributed by atoms with van der Waals surface area (Å²) in [5.41, 5.74) is 0. The SMILES string of the molecule is CC(C)CC(CNC(=O)CN1CCCC1=O)C(=O)O. The Bertz CT molecular complexity index is 355. The lowest BCUT2D eigenvalue weighted by Gasteiger charge is -2.18. The number of aliphatic carboxylic acids is 1. The molecule has 6 nitrogen and oxygen atoms in total. The first-order chi connectivity index (χ1) is 8.90. The maximum absolute atomic E-state index is 11.7. The van der Waals surface area contributed by atoms with Crippen molar-refractivity contribution < 1.29 is 19.5 Å². The van der Waals surface area contributed by atoms with Crippen LogP contribution in [0, 0.1) is 11.8 Å². The fourth-order valence-electron chi connectivity index (χ4n) is 2.18. The van der Waals surface area contributed by atoms with Crippen LogP contribution in [0.4, 0.5) is 0 Å². The Balaban J connectivity index is 2.35. The van der Waals surface area contributed by atoms with Crippen molar-refractivity contribution >= 4 is 17.8 Å². The third-order valence-electron chi connectivity index (χ3n) is 3.16. The highest BCUT2D eigenvalue weighted by molar-refractivity contribution is 5.86. The van der Waals surface area contributed by atoms with Crippen molar-refractivity contribution in [3.05, 3.63) is 0 Å². The van der Waals surface area contributed by atoms with Crippen molar-refractivity contribution in [2.75, 3.05) is 19.6 Å². The molecule has 0 radical (unpaired) electrons. The summed E-state index contributed by atoms with van der Waals surface area (Å²) in [7, 11) is 0. The quantitative estimate of drug-likeness (QED) is 0.704. The standard InChI is InChI=1S/C13H22N2O4/c1-9(2)6-10(13(18)19)7-14-11(16)8-15-5-3-4-12(15)17/h9-10H,3-8H2,1-2H3,(H,14,16)(H,18,19). The molecule has 1 aliphatic heterocycles. The zero-order valence-electron chi connectivity index (χ0n) is 11.5. The topological polar surface area (TPSA) is 86.7 Å². The Labute approximate surface area is 113 Å². The molecular formula is C13H22N2O4. The Morgan fingerprint density at radius 3 is 2.58 bits per heavy atom. The smallest absolute Gasteiger partial charge is 0.308 e. The lowest BCUT2D eigenvalue weighted by molar-refractivity contribution is -0.142. The molecule has 1 fully saturated rings. The zero-order chi connectivity index (χ0) is 14.4. The molecule has 0 bridgehead atoms. The third-order valence-corrected chi connectivity index (χ3v) is 3.16. The van der Waals surface area contributed by atoms with Gasteiger partial charge in [-0.25, -0.2) is 0 Å². The number of likely N-dealkylation sites (tertiary alicyclic amines) is 1. The fraction of sp³-hybridized carbons (Fsp3) is 0.769. The second-order valence-corrected chi connectivity index (χ2v) is 5.39. The number of rotatable bonds is 7. The van der Waals surface area contributed by atoms with Crippen molar-refractivity contribution in [2.45, 2.75) is 33.1 Å². The van der Waals surface area contributed by atoms with Crippen molar-refractivity contribution in [1.82, 2.24) is 10.2 Å². The van der Waals surface area contributed by atoms with Gasteiger partial charge in [-0.2, -0.15) is 0 Å². The molecule has 0 spiro atoms. The second-order valence-electron chi connectivity index (χ2n) is 5.39. The van der Waals surface area contributed by atoms with E-state index >= 15 is 0 Å². The van der Waals surface area contributed by atoms with Crippen LogP contribution in [-0.2, 0) is 14.4 Å². The van der Waals surface area contributed by atoms with Crippen LogP contribution in [0.1, 0.15) is 33.1 Å². The molecule has 1 saturated heterocycles. The summed E-state index contributed by atoms with van der Waals surface area (Å²) >= 11 is 0. The van der Waals surface area contributed by atoms with Gasteiger partial charge < -0.3 is 15.3 Å². The predicted octanol–water partition coefficient (Wildman–Crippen LogP) is 0.472. The van der Waals surface area contributed by atoms with Gasteiger partial charge in [-0.05, 0) is 18.8 Å². The highest BCUT2D eigenvalue weighted by atomic mass is 16.4. The Kier molecular flexibility index (Phi) is 5.79. The van der Waals surface area contributed by atoms with E-state index < -0.39 is 11.9 Å². The summed E-state index contributed by atoms with van der Waals surface area (Å²) in [5.74, 6) is -1.50. The van der Waals surface area contributed by atoms with Gasteiger partial charge in [0.1, 0.15) is 0 Å². The molecule has 1 atom stereocenters. The molecule has 19 heavy (non-hydrogen) atoms. The summed E-state index contributed by atoms with van der Waals surface area (Å²) in [4.78, 5) is 35.5. The van der Waals surface area contributed by atoms with E-state index in [1.54, 1.807) is 0 Å². The Morgan fingerprint density at radius 1 is 1.42 bits per heavy atom. The van der Waals surface area contributed by atoms with Crippen LogP contribution in [0.5, 0.6) is 0 Å². The van der Waals surface area contributed by atoms with Crippen LogP contribution >= 0.6 is 0 Å². The molecular weight excluding hydrogens is 248 g/mol. The average molecular weight is 270 g/mol. The molecule has 2 N–H and O–H groups in total. The third kappa shape index (κ3) is 5.28. The molecule has 1 aliphatic rings. The van der Waals surface area contributed by atoms with Gasteiger partial charge in [0.2, 0.25) is 11.8 Å². The molecule has 1 heterocycles. The molecule has 0 aromatic carbocycles. The van der Waals surface area contributed by atoms with E-state index in [4.69, 9.17) is 5.11 Å². The summed E-state index contributed by atoms with van der Waals surface area (Å²) in [5, 5.41) is 11.6. The molecule has 1 unspecified atom stereocenters. The fourth-order valence-corrected chi connectivity index (χ4v) is 2.18. The van der Waals surface area contributed by atoms with E-state index in [1.165, 1.54) is 4.90 Å². The zero-order valence-corrected chi connectivity index (χ0v) is 11.5. The summed E-state index contributed by atoms with van der Waals surface area (Å²) < 4.78 is 0. The van der Waals surface area contributed by atoms with E-state index in [0.29, 0.717) is 19.4 Å². The number of nitrogens with zero attached hydrogens (tertiary/aromatic N) is 1. The minimum atomic E-state index is -0.897. The molecule has 6 heteroatoms. The van der Waals surface area contributed by atoms with Crippen LogP contribution < -0.4 is 5.32 Å². The number of amides is 2. The summed E-state index contributed by atoms with van der Waals surface area (Å²) in [6, 6.07) is 0. The molecule has 0 aliphatic carbocycles. The van der Waals surface area contributed by atoms with E-state index in [1.807, 2.05) is 13.8 Å². The first-order valence-electron chi connectivity index (χ1n) is 6.67. The highest BCUT2D eigenvalue weighted by Gasteiger charge is 2.24. The molecule has 1 rings (SSSR count). The number of carbonyl (C=O) groups excluding carboxylic acids is 2. The largest absolute Gasteiger partial charge is 0.481 e. The molecule has 0 aromatic rings. The van der Waals surface area contributed by atoms with Crippen molar-refractivity contribution in [2.24, 2.45) is 11.8 Å². The lowest BCUT2D eigenvalue weighted by atomic mass is 9.97. The predicted molar refractivity (Wildman–Crippen MR) is 69.4 cm³/mol. The lowest BCUT2D eigenvalue weighted by Crippen LogP contribution is -2.41. The van der Waals surface area contributed by atoms with Gasteiger partial charge in [-0.15, -0.1) is 0 Å². The maximum atomic E-state index is 11.7. The number of nitrogens with one attached hydrogen (secondary N) is 1. The van der Waals surface area contributed by atoms with Crippen LogP contribution in [0.3, 0.4) is 0 Å². The monoisotopic (exact) mass is 270 g/mol. The number of carboxylic acid groups (broad SMARTS) is 1. The van der Waals surface area contributed by atoms with Crippen molar-refractivity contribution in [3.8, 4) is 0 Å². The van der Waals surface area contributed by atoms with Crippen LogP contribution in [0.25, 0.3) is 0 Å². The van der Waals surface area contributed by atoms with E-state index in [-0.39, 0.29) is 30.8 Å². The first kappa shape index (κ1) is 15.5. The van der Waals surface area contributed by atoms with Gasteiger partial charge >= 0.3 is 5.97 Å². The summed E-state index contributed by atoms with van der Waals surface area (Å²) in [6.07, 6.45) is 1.81. The van der Waals surface area contributed by atoms with Crippen LogP contribution in [0.2, 0.25) is 0 Å². The van der Waals surface area contributed by atoms with Gasteiger partial charge in [0.15, 0.2) is 0 Å². The average Bonchev–Trinajstić information content (AvgIpc) is 2.69. The number of hydrogen-bond acceptors (Lipinski definition) is 3. The Morgan fingerprint density at radius 2 is 2.11 bits per heavy atom. The van der Waals surface area contributed by atoms with E-state index in [0.717, 1.165) is 6.42 Å². The normalized spacial score (nSPS) is 16.8. The summed E-state index contributed by atoms with van der Waals surface area (Å²) in [6.45, 7) is 4.66. The first-order valence-corrected chi connectivity index (χ1v) is 6.67. The number of hydrogen-bond donors (Lipinski definition) is 2. The highest BCUT2D eigenvalue weighted by Crippen LogP contribution is 2.11. The van der Waals surface area contributed by atoms with Gasteiger partial charge in [-0.1, -0.05) is 13.8 Å². The number of carbonyl (C=O) groups is 3. The van der Waals surface area contributed by atoms with Crippen molar-refractivity contribution in [1.29, 1.82) is 0 Å². The Hall–Kier alpha value is -1.59. The molecule has 108 valence electrons. The van der Waals surface area contributed by atoms with Crippen LogP contribution in [0.15, 0.2) is 0 Å². The van der Waals surface area contributed by atoms with E-state index in [9.17, 15) is 14.4 Å². The molecule has 2 amide bonds. The second kappa shape index (κ2) is 7.11. The van der Waals surface area contributed by atoms with E-state index in [2.05, 4.69) is 5.32 Å². The van der Waals surface area contributed by atoms with Crippen LogP contribution in [-0.4, -0.2) is 47.4 Å². The minimum Gasteiger partial charge on any atom is -0.481 e. The van der Waals surface area contributed by atoms with Crippen molar-refractivity contribution in [3.63, 3.8) is 0 Å². The van der Waals surface area contributed by atoms with Gasteiger partial charge in [0, 0.05) is 19.5 Å². The van der Waals surface area contributed by atoms with Gasteiger partial charge in [0.25, 0.3) is 0 Å².